The predicted octanol–water partition coefficient (Wildman–Crippen LogP) is 1.16. The lowest BCUT2D eigenvalue weighted by molar-refractivity contribution is -0.130. The monoisotopic (exact) mass is 266 g/mol. The molecule has 5 heteroatoms. The van der Waals surface area contributed by atoms with Gasteiger partial charge in [-0.1, -0.05) is 42.5 Å². The molecule has 1 aromatic rings. The van der Waals surface area contributed by atoms with Gasteiger partial charge in [0.1, 0.15) is 5.92 Å². The van der Waals surface area contributed by atoms with E-state index in [1.54, 1.807) is 19.1 Å². The molecule has 0 fully saturated rings. The highest BCUT2D eigenvalue weighted by atomic mass is 32.1. The topological polar surface area (TPSA) is 55.6 Å². The van der Waals surface area contributed by atoms with Crippen LogP contribution in [-0.2, 0) is 9.53 Å². The third-order valence-corrected chi connectivity index (χ3v) is 2.91. The summed E-state index contributed by atoms with van der Waals surface area (Å²) in [5.41, 5.74) is 6.51. The van der Waals surface area contributed by atoms with Crippen molar-refractivity contribution in [1.82, 2.24) is 4.90 Å². The molecule has 2 N–H and O–H groups in total. The number of hydrogen-bond acceptors (Lipinski definition) is 3. The van der Waals surface area contributed by atoms with Gasteiger partial charge in [0.2, 0.25) is 5.91 Å². The number of rotatable bonds is 6. The van der Waals surface area contributed by atoms with Crippen LogP contribution in [0.25, 0.3) is 0 Å². The fourth-order valence-electron chi connectivity index (χ4n) is 1.63. The van der Waals surface area contributed by atoms with Gasteiger partial charge >= 0.3 is 0 Å². The number of carbonyl (C=O) groups is 1. The summed E-state index contributed by atoms with van der Waals surface area (Å²) < 4.78 is 4.95. The van der Waals surface area contributed by atoms with Crippen LogP contribution in [0.2, 0.25) is 0 Å². The molecule has 0 aliphatic heterocycles. The van der Waals surface area contributed by atoms with Crippen LogP contribution in [0.4, 0.5) is 0 Å². The molecule has 0 saturated carbocycles. The van der Waals surface area contributed by atoms with E-state index in [9.17, 15) is 4.79 Å². The number of methoxy groups -OCH3 is 1. The minimum absolute atomic E-state index is 0.106. The Labute approximate surface area is 113 Å². The van der Waals surface area contributed by atoms with Crippen molar-refractivity contribution >= 4 is 23.1 Å². The van der Waals surface area contributed by atoms with E-state index < -0.39 is 5.92 Å². The first kappa shape index (κ1) is 14.6. The van der Waals surface area contributed by atoms with Crippen LogP contribution >= 0.6 is 12.2 Å². The maximum Gasteiger partial charge on any atom is 0.236 e. The van der Waals surface area contributed by atoms with E-state index in [0.717, 1.165) is 5.56 Å². The second kappa shape index (κ2) is 7.08. The number of ether oxygens (including phenoxy) is 1. The highest BCUT2D eigenvalue weighted by Gasteiger charge is 2.26. The summed E-state index contributed by atoms with van der Waals surface area (Å²) in [5.74, 6) is -0.672. The van der Waals surface area contributed by atoms with Crippen LogP contribution < -0.4 is 5.73 Å². The Morgan fingerprint density at radius 2 is 2.06 bits per heavy atom. The summed E-state index contributed by atoms with van der Waals surface area (Å²) >= 11 is 5.01. The number of benzene rings is 1. The van der Waals surface area contributed by atoms with E-state index in [4.69, 9.17) is 22.7 Å². The number of carbonyl (C=O) groups excluding carboxylic acids is 1. The van der Waals surface area contributed by atoms with Crippen molar-refractivity contribution in [3.8, 4) is 0 Å². The average Bonchev–Trinajstić information content (AvgIpc) is 2.36. The van der Waals surface area contributed by atoms with Gasteiger partial charge in [0.15, 0.2) is 0 Å². The molecule has 1 rings (SSSR count). The first-order valence-corrected chi connectivity index (χ1v) is 6.07. The van der Waals surface area contributed by atoms with Crippen LogP contribution in [0, 0.1) is 0 Å². The summed E-state index contributed by atoms with van der Waals surface area (Å²) in [4.78, 5) is 14.1. The normalized spacial score (nSPS) is 11.9. The lowest BCUT2D eigenvalue weighted by Crippen LogP contribution is -2.39. The molecule has 0 aromatic heterocycles. The minimum atomic E-state index is -0.567. The van der Waals surface area contributed by atoms with Crippen molar-refractivity contribution in [3.63, 3.8) is 0 Å². The molecule has 0 heterocycles. The number of hydrogen-bond donors (Lipinski definition) is 1. The Morgan fingerprint density at radius 1 is 1.44 bits per heavy atom. The molecule has 1 amide bonds. The molecule has 98 valence electrons. The van der Waals surface area contributed by atoms with Gasteiger partial charge in [0.05, 0.1) is 11.6 Å². The average molecular weight is 266 g/mol. The Kier molecular flexibility index (Phi) is 5.74. The molecule has 0 saturated heterocycles. The molecule has 1 atom stereocenters. The van der Waals surface area contributed by atoms with Crippen LogP contribution in [-0.4, -0.2) is 43.1 Å². The summed E-state index contributed by atoms with van der Waals surface area (Å²) in [6, 6.07) is 9.32. The number of thiocarbonyl (C=S) groups is 1. The quantitative estimate of drug-likeness (QED) is 0.785. The Hall–Kier alpha value is -1.46. The van der Waals surface area contributed by atoms with Gasteiger partial charge in [-0.15, -0.1) is 0 Å². The first-order chi connectivity index (χ1) is 8.57. The lowest BCUT2D eigenvalue weighted by Gasteiger charge is -2.23. The molecular formula is C13H18N2O2S. The number of amides is 1. The van der Waals surface area contributed by atoms with Gasteiger partial charge in [-0.2, -0.15) is 0 Å². The van der Waals surface area contributed by atoms with Crippen molar-refractivity contribution in [2.24, 2.45) is 5.73 Å². The smallest absolute Gasteiger partial charge is 0.236 e. The second-order valence-electron chi connectivity index (χ2n) is 4.00. The van der Waals surface area contributed by atoms with Gasteiger partial charge < -0.3 is 15.4 Å². The Balaban J connectivity index is 2.86. The highest BCUT2D eigenvalue weighted by Crippen LogP contribution is 2.18. The van der Waals surface area contributed by atoms with E-state index in [1.807, 2.05) is 30.3 Å². The lowest BCUT2D eigenvalue weighted by atomic mass is 9.98. The van der Waals surface area contributed by atoms with Gasteiger partial charge in [-0.3, -0.25) is 4.79 Å². The molecule has 4 nitrogen and oxygen atoms in total. The number of likely N-dealkylation sites (N-methyl/N-ethyl adjacent to an activating group) is 1. The van der Waals surface area contributed by atoms with Crippen LogP contribution in [0.15, 0.2) is 30.3 Å². The Bertz CT molecular complexity index is 409. The zero-order valence-electron chi connectivity index (χ0n) is 10.6. The third kappa shape index (κ3) is 3.78. The second-order valence-corrected chi connectivity index (χ2v) is 4.47. The SMILES string of the molecule is COCCN(C)C(=O)C(C(N)=S)c1ccccc1. The molecule has 1 unspecified atom stereocenters. The maximum atomic E-state index is 12.3. The summed E-state index contributed by atoms with van der Waals surface area (Å²) in [5, 5.41) is 0. The van der Waals surface area contributed by atoms with E-state index in [-0.39, 0.29) is 10.9 Å². The van der Waals surface area contributed by atoms with E-state index in [1.165, 1.54) is 0 Å². The van der Waals surface area contributed by atoms with Crippen LogP contribution in [0.5, 0.6) is 0 Å². The molecule has 0 aliphatic rings. The predicted molar refractivity (Wildman–Crippen MR) is 75.5 cm³/mol. The highest BCUT2D eigenvalue weighted by molar-refractivity contribution is 7.80. The minimum Gasteiger partial charge on any atom is -0.392 e. The van der Waals surface area contributed by atoms with E-state index in [2.05, 4.69) is 0 Å². The molecule has 18 heavy (non-hydrogen) atoms. The molecule has 0 aliphatic carbocycles. The number of nitrogens with two attached hydrogens (primary N) is 1. The zero-order chi connectivity index (χ0) is 13.5. The summed E-state index contributed by atoms with van der Waals surface area (Å²) in [6.07, 6.45) is 0. The van der Waals surface area contributed by atoms with Crippen LogP contribution in [0.1, 0.15) is 11.5 Å². The number of nitrogens with zero attached hydrogens (tertiary/aromatic N) is 1. The molecule has 0 bridgehead atoms. The summed E-state index contributed by atoms with van der Waals surface area (Å²) in [6.45, 7) is 1.00. The largest absolute Gasteiger partial charge is 0.392 e. The van der Waals surface area contributed by atoms with Crippen LogP contribution in [0.3, 0.4) is 0 Å². The first-order valence-electron chi connectivity index (χ1n) is 5.66. The zero-order valence-corrected chi connectivity index (χ0v) is 11.4. The molecule has 0 radical (unpaired) electrons. The maximum absolute atomic E-state index is 12.3. The van der Waals surface area contributed by atoms with Gasteiger partial charge in [0, 0.05) is 20.7 Å². The third-order valence-electron chi connectivity index (χ3n) is 2.67. The fraction of sp³-hybridized carbons (Fsp3) is 0.385. The fourth-order valence-corrected chi connectivity index (χ4v) is 1.87. The van der Waals surface area contributed by atoms with Gasteiger partial charge in [-0.25, -0.2) is 0 Å². The van der Waals surface area contributed by atoms with Crippen molar-refractivity contribution in [2.75, 3.05) is 27.3 Å². The van der Waals surface area contributed by atoms with Crippen molar-refractivity contribution in [2.45, 2.75) is 5.92 Å². The summed E-state index contributed by atoms with van der Waals surface area (Å²) in [7, 11) is 3.32. The standard InChI is InChI=1S/C13H18N2O2S/c1-15(8-9-17-2)13(16)11(12(14)18)10-6-4-3-5-7-10/h3-7,11H,8-9H2,1-2H3,(H2,14,18). The molecular weight excluding hydrogens is 248 g/mol. The van der Waals surface area contributed by atoms with Crippen molar-refractivity contribution < 1.29 is 9.53 Å². The van der Waals surface area contributed by atoms with Crippen molar-refractivity contribution in [1.29, 1.82) is 0 Å². The van der Waals surface area contributed by atoms with Crippen molar-refractivity contribution in [3.05, 3.63) is 35.9 Å². The van der Waals surface area contributed by atoms with E-state index in [0.29, 0.717) is 13.2 Å². The Morgan fingerprint density at radius 3 is 2.56 bits per heavy atom. The molecule has 1 aromatic carbocycles. The van der Waals surface area contributed by atoms with Gasteiger partial charge in [0.25, 0.3) is 0 Å². The molecule has 0 spiro atoms. The van der Waals surface area contributed by atoms with E-state index >= 15 is 0 Å². The van der Waals surface area contributed by atoms with Gasteiger partial charge in [-0.05, 0) is 5.56 Å².